The van der Waals surface area contributed by atoms with E-state index in [0.29, 0.717) is 0 Å². The second-order valence-corrected chi connectivity index (χ2v) is 4.39. The van der Waals surface area contributed by atoms with Crippen LogP contribution in [0.25, 0.3) is 21.9 Å². The van der Waals surface area contributed by atoms with Gasteiger partial charge in [-0.25, -0.2) is 19.2 Å². The molecule has 0 amide bonds. The lowest BCUT2D eigenvalue weighted by molar-refractivity contribution is -0.138. The van der Waals surface area contributed by atoms with Gasteiger partial charge in [0.25, 0.3) is 0 Å². The van der Waals surface area contributed by atoms with E-state index in [-0.39, 0.29) is 21.5 Å². The molecule has 0 saturated carbocycles. The fourth-order valence-corrected chi connectivity index (χ4v) is 2.18. The molecular formula is C14H9NO8. The van der Waals surface area contributed by atoms with Crippen LogP contribution in [0.3, 0.4) is 0 Å². The minimum atomic E-state index is -1.75. The van der Waals surface area contributed by atoms with Gasteiger partial charge in [0.15, 0.2) is 11.1 Å². The molecule has 5 N–H and O–H groups in total. The first-order valence-electron chi connectivity index (χ1n) is 6.04. The van der Waals surface area contributed by atoms with Crippen LogP contribution in [0, 0.1) is 0 Å². The number of fused-ring (bicyclic) bond motifs is 1. The van der Waals surface area contributed by atoms with E-state index in [2.05, 4.69) is 4.98 Å². The Morgan fingerprint density at radius 3 is 1.22 bits per heavy atom. The quantitative estimate of drug-likeness (QED) is 0.439. The predicted octanol–water partition coefficient (Wildman–Crippen LogP) is -1.19. The molecule has 9 heteroatoms. The first kappa shape index (κ1) is 15.8. The Morgan fingerprint density at radius 2 is 0.957 bits per heavy atom. The smallest absolute Gasteiger partial charge is 0.345 e. The number of aromatic nitrogens is 1. The maximum atomic E-state index is 11.2. The zero-order valence-corrected chi connectivity index (χ0v) is 11.2. The topological polar surface area (TPSA) is 165 Å². The maximum Gasteiger partial charge on any atom is 0.345 e. The molecule has 0 saturated heterocycles. The Labute approximate surface area is 126 Å². The highest BCUT2D eigenvalue weighted by Gasteiger charge is 2.23. The van der Waals surface area contributed by atoms with Crippen molar-refractivity contribution >= 4 is 45.8 Å². The molecule has 0 unspecified atom stereocenters. The Bertz CT molecular complexity index is 872. The van der Waals surface area contributed by atoms with Crippen molar-refractivity contribution in [2.75, 3.05) is 0 Å². The average Bonchev–Trinajstić information content (AvgIpc) is 2.77. The third kappa shape index (κ3) is 2.62. The van der Waals surface area contributed by atoms with Gasteiger partial charge in [0, 0.05) is 10.8 Å². The SMILES string of the molecule is O=C(O)C(C(=O)O)=c1[nH]c(=C(C(=O)O)C(=O)O)c2ccccc12. The van der Waals surface area contributed by atoms with Crippen molar-refractivity contribution in [3.63, 3.8) is 0 Å². The predicted molar refractivity (Wildman–Crippen MR) is 74.9 cm³/mol. The van der Waals surface area contributed by atoms with E-state index in [1.54, 1.807) is 0 Å². The number of rotatable bonds is 4. The lowest BCUT2D eigenvalue weighted by Crippen LogP contribution is -2.26. The van der Waals surface area contributed by atoms with Crippen molar-refractivity contribution in [1.29, 1.82) is 0 Å². The molecule has 0 bridgehead atoms. The van der Waals surface area contributed by atoms with Crippen LogP contribution >= 0.6 is 0 Å². The highest BCUT2D eigenvalue weighted by molar-refractivity contribution is 6.37. The number of hydrogen-bond donors (Lipinski definition) is 5. The van der Waals surface area contributed by atoms with Crippen molar-refractivity contribution < 1.29 is 39.6 Å². The van der Waals surface area contributed by atoms with Crippen molar-refractivity contribution in [1.82, 2.24) is 4.98 Å². The van der Waals surface area contributed by atoms with E-state index in [0.717, 1.165) is 0 Å². The molecule has 0 atom stereocenters. The molecule has 9 nitrogen and oxygen atoms in total. The normalized spacial score (nSPS) is 10.3. The van der Waals surface area contributed by atoms with Gasteiger partial charge in [-0.15, -0.1) is 0 Å². The number of aliphatic carboxylic acids is 4. The summed E-state index contributed by atoms with van der Waals surface area (Å²) in [5.41, 5.74) is -2.05. The zero-order valence-electron chi connectivity index (χ0n) is 11.2. The summed E-state index contributed by atoms with van der Waals surface area (Å²) in [6.07, 6.45) is 0. The number of aromatic amines is 1. The largest absolute Gasteiger partial charge is 0.477 e. The minimum Gasteiger partial charge on any atom is -0.477 e. The van der Waals surface area contributed by atoms with Gasteiger partial charge in [-0.3, -0.25) is 0 Å². The third-order valence-electron chi connectivity index (χ3n) is 3.07. The molecule has 0 radical (unpaired) electrons. The Balaban J connectivity index is 3.23. The molecule has 118 valence electrons. The molecule has 0 aliphatic carbocycles. The molecule has 0 aliphatic heterocycles. The summed E-state index contributed by atoms with van der Waals surface area (Å²) in [4.78, 5) is 46.9. The van der Waals surface area contributed by atoms with Crippen molar-refractivity contribution in [2.24, 2.45) is 0 Å². The highest BCUT2D eigenvalue weighted by atomic mass is 16.4. The summed E-state index contributed by atoms with van der Waals surface area (Å²) >= 11 is 0. The first-order valence-corrected chi connectivity index (χ1v) is 6.04. The van der Waals surface area contributed by atoms with E-state index in [4.69, 9.17) is 20.4 Å². The minimum absolute atomic E-state index is 0.0855. The van der Waals surface area contributed by atoms with Gasteiger partial charge in [-0.05, 0) is 0 Å². The molecule has 2 rings (SSSR count). The van der Waals surface area contributed by atoms with Gasteiger partial charge in [-0.2, -0.15) is 0 Å². The molecule has 2 aromatic rings. The van der Waals surface area contributed by atoms with Crippen LogP contribution < -0.4 is 10.7 Å². The summed E-state index contributed by atoms with van der Waals surface area (Å²) in [6, 6.07) is 5.67. The number of carboxylic acids is 4. The fourth-order valence-electron chi connectivity index (χ4n) is 2.18. The number of H-pyrrole nitrogens is 1. The van der Waals surface area contributed by atoms with Crippen LogP contribution in [0.15, 0.2) is 24.3 Å². The van der Waals surface area contributed by atoms with Crippen LogP contribution in [-0.4, -0.2) is 49.3 Å². The van der Waals surface area contributed by atoms with Crippen LogP contribution in [0.1, 0.15) is 0 Å². The number of nitrogens with one attached hydrogen (secondary N) is 1. The van der Waals surface area contributed by atoms with Crippen LogP contribution in [0.5, 0.6) is 0 Å². The molecule has 0 spiro atoms. The van der Waals surface area contributed by atoms with Gasteiger partial charge < -0.3 is 25.4 Å². The van der Waals surface area contributed by atoms with E-state index in [9.17, 15) is 19.2 Å². The van der Waals surface area contributed by atoms with Crippen LogP contribution in [0.2, 0.25) is 0 Å². The van der Waals surface area contributed by atoms with Gasteiger partial charge >= 0.3 is 23.9 Å². The molecule has 23 heavy (non-hydrogen) atoms. The van der Waals surface area contributed by atoms with Crippen molar-refractivity contribution in [2.45, 2.75) is 0 Å². The standard InChI is InChI=1S/C14H9NO8/c16-11(17)7(12(18)19)9-5-3-1-2-4-6(5)10(15-9)8(13(20)21)14(22)23/h1-4,15H,(H,16,17)(H,18,19)(H,20,21)(H,22,23). The van der Waals surface area contributed by atoms with E-state index in [1.165, 1.54) is 24.3 Å². The number of hydrogen-bond acceptors (Lipinski definition) is 4. The molecule has 1 aromatic carbocycles. The number of carboxylic acid groups (broad SMARTS) is 4. The summed E-state index contributed by atoms with van der Waals surface area (Å²) in [5.74, 6) is -6.99. The zero-order chi connectivity index (χ0) is 17.3. The summed E-state index contributed by atoms with van der Waals surface area (Å²) in [7, 11) is 0. The molecule has 1 heterocycles. The van der Waals surface area contributed by atoms with Crippen molar-refractivity contribution in [3.8, 4) is 0 Å². The van der Waals surface area contributed by atoms with Crippen LogP contribution in [-0.2, 0) is 19.2 Å². The number of carbonyl (C=O) groups is 4. The summed E-state index contributed by atoms with van der Waals surface area (Å²) < 4.78 is 0. The average molecular weight is 319 g/mol. The van der Waals surface area contributed by atoms with Gasteiger partial charge in [-0.1, -0.05) is 24.3 Å². The van der Waals surface area contributed by atoms with E-state index < -0.39 is 35.0 Å². The second kappa shape index (κ2) is 5.64. The Hall–Kier alpha value is -3.62. The highest BCUT2D eigenvalue weighted by Crippen LogP contribution is 2.08. The number of benzene rings is 1. The van der Waals surface area contributed by atoms with Crippen LogP contribution in [0.4, 0.5) is 0 Å². The molecule has 0 fully saturated rings. The maximum absolute atomic E-state index is 11.2. The lowest BCUT2D eigenvalue weighted by atomic mass is 10.1. The Kier molecular flexibility index (Phi) is 3.86. The first-order chi connectivity index (χ1) is 10.8. The van der Waals surface area contributed by atoms with Gasteiger partial charge in [0.1, 0.15) is 0 Å². The fraction of sp³-hybridized carbons (Fsp3) is 0. The Morgan fingerprint density at radius 1 is 0.652 bits per heavy atom. The van der Waals surface area contributed by atoms with Crippen molar-refractivity contribution in [3.05, 3.63) is 35.0 Å². The molecule has 0 aliphatic rings. The monoisotopic (exact) mass is 319 g/mol. The molecule has 1 aromatic heterocycles. The summed E-state index contributed by atoms with van der Waals surface area (Å²) in [6.45, 7) is 0. The molecular weight excluding hydrogens is 310 g/mol. The van der Waals surface area contributed by atoms with E-state index in [1.807, 2.05) is 0 Å². The third-order valence-corrected chi connectivity index (χ3v) is 3.07. The summed E-state index contributed by atoms with van der Waals surface area (Å²) in [5, 5.41) is 35.6. The van der Waals surface area contributed by atoms with E-state index >= 15 is 0 Å². The lowest BCUT2D eigenvalue weighted by Gasteiger charge is -1.94. The van der Waals surface area contributed by atoms with Gasteiger partial charge in [0.05, 0.1) is 10.7 Å². The van der Waals surface area contributed by atoms with Gasteiger partial charge in [0.2, 0.25) is 0 Å². The second-order valence-electron chi connectivity index (χ2n) is 4.39.